The van der Waals surface area contributed by atoms with Crippen molar-refractivity contribution in [3.05, 3.63) is 47.2 Å². The van der Waals surface area contributed by atoms with Gasteiger partial charge in [-0.25, -0.2) is 4.68 Å². The van der Waals surface area contributed by atoms with E-state index in [1.54, 1.807) is 0 Å². The molecular formula is C21H28N4O. The Morgan fingerprint density at radius 1 is 1.27 bits per heavy atom. The van der Waals surface area contributed by atoms with Crippen molar-refractivity contribution in [1.29, 1.82) is 0 Å². The molecule has 1 saturated carbocycles. The Morgan fingerprint density at radius 2 is 2.12 bits per heavy atom. The van der Waals surface area contributed by atoms with Gasteiger partial charge in [-0.2, -0.15) is 5.10 Å². The predicted molar refractivity (Wildman–Crippen MR) is 103 cm³/mol. The molecule has 4 rings (SSSR count). The van der Waals surface area contributed by atoms with Crippen LogP contribution in [0, 0.1) is 12.8 Å². The summed E-state index contributed by atoms with van der Waals surface area (Å²) in [7, 11) is 0. The highest BCUT2D eigenvalue weighted by Crippen LogP contribution is 2.35. The predicted octanol–water partition coefficient (Wildman–Crippen LogP) is 3.57. The number of amides is 1. The number of hydrogen-bond donors (Lipinski definition) is 2. The van der Waals surface area contributed by atoms with E-state index < -0.39 is 0 Å². The lowest BCUT2D eigenvalue weighted by molar-refractivity contribution is -0.117. The second-order valence-electron chi connectivity index (χ2n) is 7.83. The van der Waals surface area contributed by atoms with Gasteiger partial charge in [0, 0.05) is 18.0 Å². The Bertz CT molecular complexity index is 797. The smallest absolute Gasteiger partial charge is 0.225 e. The van der Waals surface area contributed by atoms with Crippen LogP contribution in [0.5, 0.6) is 0 Å². The van der Waals surface area contributed by atoms with Crippen LogP contribution in [0.4, 0.5) is 5.82 Å². The van der Waals surface area contributed by atoms with Gasteiger partial charge in [-0.05, 0) is 56.1 Å². The first-order valence-corrected chi connectivity index (χ1v) is 9.81. The van der Waals surface area contributed by atoms with Crippen molar-refractivity contribution in [3.63, 3.8) is 0 Å². The molecule has 0 saturated heterocycles. The van der Waals surface area contributed by atoms with E-state index in [-0.39, 0.29) is 18.0 Å². The summed E-state index contributed by atoms with van der Waals surface area (Å²) >= 11 is 0. The topological polar surface area (TPSA) is 72.9 Å². The number of nitrogens with two attached hydrogens (primary N) is 1. The number of hydrogen-bond acceptors (Lipinski definition) is 3. The van der Waals surface area contributed by atoms with Gasteiger partial charge in [0.15, 0.2) is 0 Å². The third-order valence-corrected chi connectivity index (χ3v) is 6.03. The monoisotopic (exact) mass is 352 g/mol. The highest BCUT2D eigenvalue weighted by Gasteiger charge is 2.28. The number of aryl methyl sites for hydroxylation is 2. The van der Waals surface area contributed by atoms with E-state index in [4.69, 9.17) is 5.73 Å². The maximum absolute atomic E-state index is 12.6. The van der Waals surface area contributed by atoms with Gasteiger partial charge in [-0.3, -0.25) is 4.79 Å². The van der Waals surface area contributed by atoms with Gasteiger partial charge in [0.25, 0.3) is 0 Å². The van der Waals surface area contributed by atoms with Crippen LogP contribution < -0.4 is 11.1 Å². The van der Waals surface area contributed by atoms with E-state index >= 15 is 0 Å². The number of rotatable bonds is 4. The molecule has 26 heavy (non-hydrogen) atoms. The fourth-order valence-corrected chi connectivity index (χ4v) is 4.56. The van der Waals surface area contributed by atoms with Crippen molar-refractivity contribution in [3.8, 4) is 0 Å². The second-order valence-corrected chi connectivity index (χ2v) is 7.83. The molecule has 0 aliphatic heterocycles. The summed E-state index contributed by atoms with van der Waals surface area (Å²) in [5.74, 6) is 1.20. The van der Waals surface area contributed by atoms with Crippen molar-refractivity contribution in [2.75, 3.05) is 5.32 Å². The second kappa shape index (κ2) is 7.23. The van der Waals surface area contributed by atoms with Crippen LogP contribution in [0.25, 0.3) is 0 Å². The van der Waals surface area contributed by atoms with Crippen molar-refractivity contribution in [2.24, 2.45) is 11.7 Å². The molecule has 5 nitrogen and oxygen atoms in total. The maximum atomic E-state index is 12.6. The number of aromatic nitrogens is 2. The van der Waals surface area contributed by atoms with Gasteiger partial charge in [0.2, 0.25) is 5.91 Å². The third-order valence-electron chi connectivity index (χ3n) is 6.03. The maximum Gasteiger partial charge on any atom is 0.225 e. The normalized spacial score (nSPS) is 25.1. The number of carbonyl (C=O) groups is 1. The van der Waals surface area contributed by atoms with Crippen molar-refractivity contribution in [2.45, 2.75) is 64.0 Å². The summed E-state index contributed by atoms with van der Waals surface area (Å²) < 4.78 is 2.01. The Hall–Kier alpha value is -2.14. The molecule has 138 valence electrons. The van der Waals surface area contributed by atoms with Crippen LogP contribution in [0.1, 0.15) is 61.3 Å². The Labute approximate surface area is 155 Å². The molecule has 2 aliphatic rings. The van der Waals surface area contributed by atoms with Crippen LogP contribution in [-0.4, -0.2) is 21.7 Å². The zero-order chi connectivity index (χ0) is 18.1. The zero-order valence-corrected chi connectivity index (χ0v) is 15.4. The van der Waals surface area contributed by atoms with Gasteiger partial charge in [0.1, 0.15) is 5.82 Å². The Kier molecular flexibility index (Phi) is 4.81. The summed E-state index contributed by atoms with van der Waals surface area (Å²) in [6.45, 7) is 2.01. The SMILES string of the molecule is Cc1cnn(C2CCCc3ccccc32)c1NC(=O)C[C@@H]1CCC[C@H]1N. The average Bonchev–Trinajstić information content (AvgIpc) is 3.21. The first kappa shape index (κ1) is 17.3. The molecule has 5 heteroatoms. The number of nitrogens with zero attached hydrogens (tertiary/aromatic N) is 2. The van der Waals surface area contributed by atoms with E-state index in [2.05, 4.69) is 34.7 Å². The van der Waals surface area contributed by atoms with Gasteiger partial charge in [0.05, 0.1) is 12.2 Å². The van der Waals surface area contributed by atoms with Gasteiger partial charge in [-0.15, -0.1) is 0 Å². The van der Waals surface area contributed by atoms with Crippen LogP contribution in [0.2, 0.25) is 0 Å². The number of benzene rings is 1. The van der Waals surface area contributed by atoms with Crippen LogP contribution in [0.15, 0.2) is 30.5 Å². The highest BCUT2D eigenvalue weighted by molar-refractivity contribution is 5.90. The fraction of sp³-hybridized carbons (Fsp3) is 0.524. The number of carbonyl (C=O) groups excluding carboxylic acids is 1. The number of fused-ring (bicyclic) bond motifs is 1. The number of nitrogens with one attached hydrogen (secondary N) is 1. The van der Waals surface area contributed by atoms with E-state index in [9.17, 15) is 4.79 Å². The fourth-order valence-electron chi connectivity index (χ4n) is 4.56. The van der Waals surface area contributed by atoms with E-state index in [1.807, 2.05) is 17.8 Å². The molecule has 2 aromatic rings. The lowest BCUT2D eigenvalue weighted by Crippen LogP contribution is -2.29. The minimum atomic E-state index is 0.0568. The molecule has 3 atom stereocenters. The molecule has 1 heterocycles. The summed E-state index contributed by atoms with van der Waals surface area (Å²) in [4.78, 5) is 12.6. The number of anilines is 1. The third kappa shape index (κ3) is 3.28. The Balaban J connectivity index is 1.56. The van der Waals surface area contributed by atoms with E-state index in [1.165, 1.54) is 11.1 Å². The summed E-state index contributed by atoms with van der Waals surface area (Å²) in [5, 5.41) is 7.76. The van der Waals surface area contributed by atoms with Crippen LogP contribution in [0.3, 0.4) is 0 Å². The molecule has 0 bridgehead atoms. The molecule has 1 fully saturated rings. The van der Waals surface area contributed by atoms with Crippen molar-refractivity contribution >= 4 is 11.7 Å². The largest absolute Gasteiger partial charge is 0.327 e. The molecule has 1 aromatic heterocycles. The van der Waals surface area contributed by atoms with Gasteiger partial charge < -0.3 is 11.1 Å². The zero-order valence-electron chi connectivity index (χ0n) is 15.4. The lowest BCUT2D eigenvalue weighted by atomic mass is 9.88. The molecule has 3 N–H and O–H groups in total. The minimum Gasteiger partial charge on any atom is -0.327 e. The van der Waals surface area contributed by atoms with Gasteiger partial charge >= 0.3 is 0 Å². The first-order chi connectivity index (χ1) is 12.6. The van der Waals surface area contributed by atoms with Crippen LogP contribution >= 0.6 is 0 Å². The van der Waals surface area contributed by atoms with Gasteiger partial charge in [-0.1, -0.05) is 30.7 Å². The molecule has 1 aromatic carbocycles. The molecule has 0 spiro atoms. The Morgan fingerprint density at radius 3 is 2.92 bits per heavy atom. The summed E-state index contributed by atoms with van der Waals surface area (Å²) in [6, 6.07) is 8.95. The lowest BCUT2D eigenvalue weighted by Gasteiger charge is -2.27. The quantitative estimate of drug-likeness (QED) is 0.883. The van der Waals surface area contributed by atoms with E-state index in [0.29, 0.717) is 12.3 Å². The average molecular weight is 352 g/mol. The van der Waals surface area contributed by atoms with Crippen molar-refractivity contribution in [1.82, 2.24) is 9.78 Å². The summed E-state index contributed by atoms with van der Waals surface area (Å²) in [6.07, 6.45) is 8.90. The first-order valence-electron chi connectivity index (χ1n) is 9.81. The molecule has 1 amide bonds. The van der Waals surface area contributed by atoms with E-state index in [0.717, 1.165) is 49.9 Å². The summed E-state index contributed by atoms with van der Waals surface area (Å²) in [5.41, 5.74) is 9.87. The molecular weight excluding hydrogens is 324 g/mol. The molecule has 0 radical (unpaired) electrons. The molecule has 1 unspecified atom stereocenters. The highest BCUT2D eigenvalue weighted by atomic mass is 16.1. The minimum absolute atomic E-state index is 0.0568. The standard InChI is InChI=1S/C21H28N4O/c1-14-13-23-25(19-11-5-7-15-6-2-3-9-17(15)19)21(14)24-20(26)12-16-8-4-10-18(16)22/h2-3,6,9,13,16,18-19H,4-5,7-8,10-12,22H2,1H3,(H,24,26)/t16-,18+,19?/m0/s1. The van der Waals surface area contributed by atoms with Crippen molar-refractivity contribution < 1.29 is 4.79 Å². The van der Waals surface area contributed by atoms with Crippen LogP contribution in [-0.2, 0) is 11.2 Å². The molecule has 2 aliphatic carbocycles.